The fraction of sp³-hybridized carbons (Fsp3) is 0.636. The summed E-state index contributed by atoms with van der Waals surface area (Å²) in [5.74, 6) is 0. The van der Waals surface area contributed by atoms with E-state index in [0.717, 1.165) is 15.3 Å². The van der Waals surface area contributed by atoms with Crippen molar-refractivity contribution in [2.75, 3.05) is 6.54 Å². The highest BCUT2D eigenvalue weighted by molar-refractivity contribution is 7.89. The van der Waals surface area contributed by atoms with Gasteiger partial charge in [0, 0.05) is 25.8 Å². The third kappa shape index (κ3) is 3.35. The molecule has 0 aromatic carbocycles. The lowest BCUT2D eigenvalue weighted by Crippen LogP contribution is -2.48. The normalized spacial score (nSPS) is 12.7. The first-order valence-corrected chi connectivity index (χ1v) is 7.51. The first kappa shape index (κ1) is 16.6. The van der Waals surface area contributed by atoms with Crippen LogP contribution >= 0.6 is 0 Å². The summed E-state index contributed by atoms with van der Waals surface area (Å²) in [5.41, 5.74) is 3.19. The van der Waals surface area contributed by atoms with Gasteiger partial charge in [-0.1, -0.05) is 0 Å². The largest absolute Gasteiger partial charge is 0.330 e. The number of aromatic nitrogens is 2. The lowest BCUT2D eigenvalue weighted by molar-refractivity contribution is 0.427. The zero-order chi connectivity index (χ0) is 15.7. The molecule has 0 aliphatic carbocycles. The van der Waals surface area contributed by atoms with Crippen LogP contribution in [0.25, 0.3) is 0 Å². The van der Waals surface area contributed by atoms with Crippen LogP contribution in [0.4, 0.5) is 0 Å². The molecule has 8 nitrogen and oxygen atoms in total. The SMILES string of the molecule is Cn1cc(S(=O)(=O)NC(C)(C)CCN)c(=O)n(C)c1=O. The van der Waals surface area contributed by atoms with Gasteiger partial charge in [-0.05, 0) is 26.8 Å². The van der Waals surface area contributed by atoms with E-state index in [1.54, 1.807) is 13.8 Å². The summed E-state index contributed by atoms with van der Waals surface area (Å²) in [6.45, 7) is 3.65. The van der Waals surface area contributed by atoms with Crippen molar-refractivity contribution in [1.82, 2.24) is 13.9 Å². The molecular weight excluding hydrogens is 284 g/mol. The van der Waals surface area contributed by atoms with E-state index in [1.165, 1.54) is 14.1 Å². The smallest absolute Gasteiger partial charge is 0.330 e. The molecule has 1 aromatic rings. The van der Waals surface area contributed by atoms with Crippen LogP contribution in [-0.4, -0.2) is 29.6 Å². The van der Waals surface area contributed by atoms with Crippen LogP contribution in [0.5, 0.6) is 0 Å². The quantitative estimate of drug-likeness (QED) is 0.686. The number of nitrogens with zero attached hydrogens (tertiary/aromatic N) is 2. The molecule has 0 saturated heterocycles. The van der Waals surface area contributed by atoms with E-state index in [2.05, 4.69) is 4.72 Å². The predicted molar refractivity (Wildman–Crippen MR) is 75.0 cm³/mol. The van der Waals surface area contributed by atoms with Crippen LogP contribution in [0.2, 0.25) is 0 Å². The molecule has 0 aliphatic heterocycles. The van der Waals surface area contributed by atoms with Gasteiger partial charge >= 0.3 is 5.69 Å². The summed E-state index contributed by atoms with van der Waals surface area (Å²) in [5, 5.41) is 0. The number of nitrogens with two attached hydrogens (primary N) is 1. The Balaban J connectivity index is 3.38. The zero-order valence-electron chi connectivity index (χ0n) is 12.0. The maximum atomic E-state index is 12.3. The Morgan fingerprint density at radius 1 is 1.30 bits per heavy atom. The number of sulfonamides is 1. The van der Waals surface area contributed by atoms with E-state index in [4.69, 9.17) is 5.73 Å². The molecule has 1 heterocycles. The molecule has 9 heteroatoms. The zero-order valence-corrected chi connectivity index (χ0v) is 12.8. The monoisotopic (exact) mass is 304 g/mol. The van der Waals surface area contributed by atoms with Gasteiger partial charge in [-0.15, -0.1) is 0 Å². The van der Waals surface area contributed by atoms with E-state index < -0.39 is 31.7 Å². The average molecular weight is 304 g/mol. The predicted octanol–water partition coefficient (Wildman–Crippen LogP) is -1.51. The number of hydrogen-bond acceptors (Lipinski definition) is 5. The Kier molecular flexibility index (Phi) is 4.57. The highest BCUT2D eigenvalue weighted by atomic mass is 32.2. The second-order valence-corrected chi connectivity index (χ2v) is 6.93. The van der Waals surface area contributed by atoms with Crippen LogP contribution < -0.4 is 21.7 Å². The van der Waals surface area contributed by atoms with Gasteiger partial charge in [0.2, 0.25) is 10.0 Å². The number of nitrogens with one attached hydrogen (secondary N) is 1. The van der Waals surface area contributed by atoms with Crippen molar-refractivity contribution in [3.05, 3.63) is 27.0 Å². The summed E-state index contributed by atoms with van der Waals surface area (Å²) in [6.07, 6.45) is 1.43. The van der Waals surface area contributed by atoms with Gasteiger partial charge in [-0.2, -0.15) is 0 Å². The van der Waals surface area contributed by atoms with Crippen LogP contribution in [0, 0.1) is 0 Å². The van der Waals surface area contributed by atoms with Crippen LogP contribution in [0.1, 0.15) is 20.3 Å². The number of aryl methyl sites for hydroxylation is 1. The second kappa shape index (κ2) is 5.51. The first-order valence-electron chi connectivity index (χ1n) is 6.02. The molecule has 0 radical (unpaired) electrons. The molecular formula is C11H20N4O4S. The Morgan fingerprint density at radius 3 is 2.35 bits per heavy atom. The second-order valence-electron chi connectivity index (χ2n) is 5.28. The van der Waals surface area contributed by atoms with Crippen molar-refractivity contribution < 1.29 is 8.42 Å². The molecule has 1 rings (SSSR count). The topological polar surface area (TPSA) is 116 Å². The van der Waals surface area contributed by atoms with Gasteiger partial charge in [0.1, 0.15) is 0 Å². The molecule has 1 aromatic heterocycles. The minimum atomic E-state index is -4.03. The Hall–Kier alpha value is -1.45. The standard InChI is InChI=1S/C11H20N4O4S/c1-11(2,5-6-12)13-20(18,19)8-7-14(3)10(17)15(4)9(8)16/h7,13H,5-6,12H2,1-4H3. The molecule has 0 spiro atoms. The van der Waals surface area contributed by atoms with Gasteiger partial charge in [-0.3, -0.25) is 9.36 Å². The Bertz CT molecular complexity index is 715. The molecule has 3 N–H and O–H groups in total. The molecule has 0 atom stereocenters. The van der Waals surface area contributed by atoms with Crippen molar-refractivity contribution in [2.45, 2.75) is 30.7 Å². The van der Waals surface area contributed by atoms with Crippen molar-refractivity contribution in [3.8, 4) is 0 Å². The summed E-state index contributed by atoms with van der Waals surface area (Å²) >= 11 is 0. The molecule has 0 saturated carbocycles. The Labute approximate surface area is 117 Å². The molecule has 114 valence electrons. The molecule has 0 unspecified atom stereocenters. The van der Waals surface area contributed by atoms with Crippen molar-refractivity contribution in [2.24, 2.45) is 19.8 Å². The molecule has 0 fully saturated rings. The molecule has 20 heavy (non-hydrogen) atoms. The summed E-state index contributed by atoms with van der Waals surface area (Å²) in [4.78, 5) is 23.0. The lowest BCUT2D eigenvalue weighted by atomic mass is 10.0. The number of hydrogen-bond donors (Lipinski definition) is 2. The van der Waals surface area contributed by atoms with E-state index in [9.17, 15) is 18.0 Å². The molecule has 0 bridgehead atoms. The molecule has 0 amide bonds. The Morgan fingerprint density at radius 2 is 1.85 bits per heavy atom. The fourth-order valence-electron chi connectivity index (χ4n) is 1.79. The minimum Gasteiger partial charge on any atom is -0.330 e. The van der Waals surface area contributed by atoms with Crippen molar-refractivity contribution in [3.63, 3.8) is 0 Å². The maximum absolute atomic E-state index is 12.3. The van der Waals surface area contributed by atoms with Gasteiger partial charge in [-0.25, -0.2) is 17.9 Å². The number of rotatable bonds is 5. The van der Waals surface area contributed by atoms with Crippen LogP contribution in [0.15, 0.2) is 20.7 Å². The summed E-state index contributed by atoms with van der Waals surface area (Å²) in [7, 11) is -1.42. The highest BCUT2D eigenvalue weighted by Gasteiger charge is 2.28. The molecule has 0 aliphatic rings. The first-order chi connectivity index (χ1) is 9.02. The summed E-state index contributed by atoms with van der Waals surface area (Å²) < 4.78 is 28.8. The van der Waals surface area contributed by atoms with E-state index in [-0.39, 0.29) is 0 Å². The minimum absolute atomic E-state index is 0.306. The highest BCUT2D eigenvalue weighted by Crippen LogP contribution is 2.12. The van der Waals surface area contributed by atoms with E-state index in [1.807, 2.05) is 0 Å². The van der Waals surface area contributed by atoms with Crippen LogP contribution in [-0.2, 0) is 24.1 Å². The maximum Gasteiger partial charge on any atom is 0.330 e. The van der Waals surface area contributed by atoms with Crippen molar-refractivity contribution >= 4 is 10.0 Å². The third-order valence-corrected chi connectivity index (χ3v) is 4.56. The van der Waals surface area contributed by atoms with Gasteiger partial charge in [0.05, 0.1) is 0 Å². The van der Waals surface area contributed by atoms with Gasteiger partial charge in [0.25, 0.3) is 5.56 Å². The van der Waals surface area contributed by atoms with Crippen LogP contribution in [0.3, 0.4) is 0 Å². The van der Waals surface area contributed by atoms with Gasteiger partial charge < -0.3 is 10.3 Å². The fourth-order valence-corrected chi connectivity index (χ4v) is 3.39. The van der Waals surface area contributed by atoms with Gasteiger partial charge in [0.15, 0.2) is 4.90 Å². The summed E-state index contributed by atoms with van der Waals surface area (Å²) in [6, 6.07) is 0. The lowest BCUT2D eigenvalue weighted by Gasteiger charge is -2.25. The van der Waals surface area contributed by atoms with E-state index >= 15 is 0 Å². The average Bonchev–Trinajstić information content (AvgIpc) is 2.29. The van der Waals surface area contributed by atoms with Crippen molar-refractivity contribution in [1.29, 1.82) is 0 Å². The third-order valence-electron chi connectivity index (χ3n) is 2.88. The van der Waals surface area contributed by atoms with E-state index in [0.29, 0.717) is 13.0 Å².